The molecule has 0 saturated carbocycles. The molecule has 1 heterocycles. The second-order valence-corrected chi connectivity index (χ2v) is 7.63. The summed E-state index contributed by atoms with van der Waals surface area (Å²) < 4.78 is 39.6. The molecular formula is C14H20ClFN2O2S. The number of halogens is 2. The Balaban J connectivity index is 2.08. The molecule has 21 heavy (non-hydrogen) atoms. The third-order valence-electron chi connectivity index (χ3n) is 3.89. The van der Waals surface area contributed by atoms with Gasteiger partial charge in [0.25, 0.3) is 0 Å². The van der Waals surface area contributed by atoms with E-state index in [1.54, 1.807) is 0 Å². The van der Waals surface area contributed by atoms with Gasteiger partial charge >= 0.3 is 0 Å². The van der Waals surface area contributed by atoms with Crippen molar-refractivity contribution in [3.63, 3.8) is 0 Å². The minimum absolute atomic E-state index is 0.0146. The summed E-state index contributed by atoms with van der Waals surface area (Å²) in [6.45, 7) is 1.93. The van der Waals surface area contributed by atoms with E-state index >= 15 is 0 Å². The van der Waals surface area contributed by atoms with Crippen LogP contribution in [0.15, 0.2) is 23.1 Å². The van der Waals surface area contributed by atoms with Gasteiger partial charge in [0.15, 0.2) is 0 Å². The zero-order chi connectivity index (χ0) is 15.5. The third kappa shape index (κ3) is 3.94. The lowest BCUT2D eigenvalue weighted by Crippen LogP contribution is -2.39. The Morgan fingerprint density at radius 2 is 2.05 bits per heavy atom. The summed E-state index contributed by atoms with van der Waals surface area (Å²) in [5.74, 6) is 0.0114. The Labute approximate surface area is 130 Å². The van der Waals surface area contributed by atoms with Crippen molar-refractivity contribution in [1.82, 2.24) is 9.62 Å². The molecule has 1 aromatic carbocycles. The van der Waals surface area contributed by atoms with E-state index in [2.05, 4.69) is 5.32 Å². The number of sulfonamides is 1. The smallest absolute Gasteiger partial charge is 0.244 e. The molecule has 2 rings (SSSR count). The minimum atomic E-state index is -3.63. The van der Waals surface area contributed by atoms with E-state index in [0.717, 1.165) is 37.9 Å². The molecule has 0 unspecified atom stereocenters. The van der Waals surface area contributed by atoms with Crippen LogP contribution in [0.3, 0.4) is 0 Å². The third-order valence-corrected chi connectivity index (χ3v) is 6.27. The maximum atomic E-state index is 13.0. The van der Waals surface area contributed by atoms with Crippen LogP contribution in [0.25, 0.3) is 0 Å². The first-order valence-corrected chi connectivity index (χ1v) is 8.86. The summed E-state index contributed by atoms with van der Waals surface area (Å²) in [5.41, 5.74) is 0. The van der Waals surface area contributed by atoms with Gasteiger partial charge in [-0.3, -0.25) is 0 Å². The van der Waals surface area contributed by atoms with Gasteiger partial charge in [-0.15, -0.1) is 0 Å². The van der Waals surface area contributed by atoms with Gasteiger partial charge < -0.3 is 5.32 Å². The van der Waals surface area contributed by atoms with Gasteiger partial charge in [-0.1, -0.05) is 11.6 Å². The highest BCUT2D eigenvalue weighted by molar-refractivity contribution is 7.89. The maximum Gasteiger partial charge on any atom is 0.244 e. The number of rotatable bonds is 5. The fourth-order valence-corrected chi connectivity index (χ4v) is 4.59. The maximum absolute atomic E-state index is 13.0. The quantitative estimate of drug-likeness (QED) is 0.900. The molecule has 0 spiro atoms. The summed E-state index contributed by atoms with van der Waals surface area (Å²) in [7, 11) is -1.72. The molecule has 0 radical (unpaired) electrons. The van der Waals surface area contributed by atoms with Gasteiger partial charge in [0.1, 0.15) is 10.7 Å². The average Bonchev–Trinajstić information content (AvgIpc) is 2.45. The Kier molecular flexibility index (Phi) is 5.60. The average molecular weight is 335 g/mol. The molecule has 0 bridgehead atoms. The Morgan fingerprint density at radius 1 is 1.38 bits per heavy atom. The largest absolute Gasteiger partial charge is 0.320 e. The van der Waals surface area contributed by atoms with Crippen molar-refractivity contribution in [1.29, 1.82) is 0 Å². The lowest BCUT2D eigenvalue weighted by Gasteiger charge is -2.31. The molecule has 1 aromatic rings. The number of nitrogens with zero attached hydrogens (tertiary/aromatic N) is 1. The molecule has 118 valence electrons. The molecule has 0 amide bonds. The van der Waals surface area contributed by atoms with Crippen LogP contribution < -0.4 is 5.32 Å². The lowest BCUT2D eigenvalue weighted by molar-refractivity contribution is 0.263. The molecule has 0 aliphatic carbocycles. The molecular weight excluding hydrogens is 315 g/mol. The van der Waals surface area contributed by atoms with Crippen molar-refractivity contribution in [2.24, 2.45) is 5.92 Å². The van der Waals surface area contributed by atoms with Gasteiger partial charge in [0.2, 0.25) is 10.0 Å². The standard InChI is InChI=1S/C14H20ClFN2O2S/c1-17-7-4-11-5-8-18(9-6-11)21(19,20)14-3-2-12(16)10-13(14)15/h2-3,10-11,17H,4-9H2,1H3. The molecule has 1 aliphatic heterocycles. The van der Waals surface area contributed by atoms with Crippen molar-refractivity contribution >= 4 is 21.6 Å². The highest BCUT2D eigenvalue weighted by Crippen LogP contribution is 2.29. The Morgan fingerprint density at radius 3 is 2.62 bits per heavy atom. The van der Waals surface area contributed by atoms with Gasteiger partial charge in [0.05, 0.1) is 5.02 Å². The first kappa shape index (κ1) is 16.7. The molecule has 1 fully saturated rings. The van der Waals surface area contributed by atoms with E-state index in [9.17, 15) is 12.8 Å². The fraction of sp³-hybridized carbons (Fsp3) is 0.571. The van der Waals surface area contributed by atoms with Crippen LogP contribution in [0.4, 0.5) is 4.39 Å². The van der Waals surface area contributed by atoms with Crippen molar-refractivity contribution in [3.05, 3.63) is 29.0 Å². The Hall–Kier alpha value is -0.690. The summed E-state index contributed by atoms with van der Waals surface area (Å²) in [4.78, 5) is -0.0146. The lowest BCUT2D eigenvalue weighted by atomic mass is 9.95. The van der Waals surface area contributed by atoms with E-state index in [-0.39, 0.29) is 9.92 Å². The van der Waals surface area contributed by atoms with E-state index < -0.39 is 15.8 Å². The molecule has 1 N–H and O–H groups in total. The topological polar surface area (TPSA) is 49.4 Å². The SMILES string of the molecule is CNCCC1CCN(S(=O)(=O)c2ccc(F)cc2Cl)CC1. The summed E-state index contributed by atoms with van der Waals surface area (Å²) >= 11 is 5.88. The highest BCUT2D eigenvalue weighted by atomic mass is 35.5. The number of hydrogen-bond donors (Lipinski definition) is 1. The molecule has 4 nitrogen and oxygen atoms in total. The molecule has 0 aromatic heterocycles. The van der Waals surface area contributed by atoms with Gasteiger partial charge in [-0.2, -0.15) is 4.31 Å². The van der Waals surface area contributed by atoms with Crippen LogP contribution in [0.1, 0.15) is 19.3 Å². The second-order valence-electron chi connectivity index (χ2n) is 5.31. The summed E-state index contributed by atoms with van der Waals surface area (Å²) in [5, 5.41) is 3.05. The van der Waals surface area contributed by atoms with Crippen molar-refractivity contribution in [3.8, 4) is 0 Å². The van der Waals surface area contributed by atoms with Crippen LogP contribution in [-0.2, 0) is 10.0 Å². The fourth-order valence-electron chi connectivity index (χ4n) is 2.61. The van der Waals surface area contributed by atoms with Crippen LogP contribution in [0, 0.1) is 11.7 Å². The van der Waals surface area contributed by atoms with E-state index in [0.29, 0.717) is 19.0 Å². The first-order chi connectivity index (χ1) is 9.95. The molecule has 1 saturated heterocycles. The molecule has 7 heteroatoms. The normalized spacial score (nSPS) is 18.0. The number of hydrogen-bond acceptors (Lipinski definition) is 3. The van der Waals surface area contributed by atoms with E-state index in [1.165, 1.54) is 10.4 Å². The van der Waals surface area contributed by atoms with Crippen molar-refractivity contribution < 1.29 is 12.8 Å². The number of benzene rings is 1. The van der Waals surface area contributed by atoms with Gasteiger partial charge in [-0.25, -0.2) is 12.8 Å². The number of piperidine rings is 1. The van der Waals surface area contributed by atoms with Crippen molar-refractivity contribution in [2.75, 3.05) is 26.7 Å². The predicted molar refractivity (Wildman–Crippen MR) is 81.4 cm³/mol. The van der Waals surface area contributed by atoms with Gasteiger partial charge in [0, 0.05) is 13.1 Å². The van der Waals surface area contributed by atoms with Crippen LogP contribution in [0.2, 0.25) is 5.02 Å². The van der Waals surface area contributed by atoms with Crippen LogP contribution in [0.5, 0.6) is 0 Å². The zero-order valence-corrected chi connectivity index (χ0v) is 13.6. The summed E-state index contributed by atoms with van der Waals surface area (Å²) in [6.07, 6.45) is 2.75. The minimum Gasteiger partial charge on any atom is -0.320 e. The monoisotopic (exact) mass is 334 g/mol. The predicted octanol–water partition coefficient (Wildman–Crippen LogP) is 2.49. The Bertz CT molecular complexity index is 587. The van der Waals surface area contributed by atoms with E-state index in [1.807, 2.05) is 7.05 Å². The number of nitrogens with one attached hydrogen (secondary N) is 1. The van der Waals surface area contributed by atoms with E-state index in [4.69, 9.17) is 11.6 Å². The van der Waals surface area contributed by atoms with Crippen LogP contribution in [-0.4, -0.2) is 39.4 Å². The van der Waals surface area contributed by atoms with Crippen molar-refractivity contribution in [2.45, 2.75) is 24.2 Å². The van der Waals surface area contributed by atoms with Crippen LogP contribution >= 0.6 is 11.6 Å². The molecule has 0 atom stereocenters. The zero-order valence-electron chi connectivity index (χ0n) is 12.0. The van der Waals surface area contributed by atoms with Gasteiger partial charge in [-0.05, 0) is 57.0 Å². The summed E-state index contributed by atoms with van der Waals surface area (Å²) in [6, 6.07) is 3.40. The molecule has 1 aliphatic rings. The second kappa shape index (κ2) is 7.05. The first-order valence-electron chi connectivity index (χ1n) is 7.05. The highest BCUT2D eigenvalue weighted by Gasteiger charge is 2.30.